The van der Waals surface area contributed by atoms with Crippen molar-refractivity contribution < 1.29 is 9.59 Å². The van der Waals surface area contributed by atoms with Crippen LogP contribution in [0.4, 0.5) is 10.5 Å². The fourth-order valence-corrected chi connectivity index (χ4v) is 5.07. The highest BCUT2D eigenvalue weighted by Crippen LogP contribution is 2.30. The Bertz CT molecular complexity index is 1160. The van der Waals surface area contributed by atoms with E-state index in [1.54, 1.807) is 10.7 Å². The number of nitrogens with zero attached hydrogens (tertiary/aromatic N) is 4. The summed E-state index contributed by atoms with van der Waals surface area (Å²) in [6.45, 7) is 5.19. The van der Waals surface area contributed by atoms with Gasteiger partial charge >= 0.3 is 6.03 Å². The van der Waals surface area contributed by atoms with E-state index in [1.807, 2.05) is 34.2 Å². The molecule has 3 amide bonds. The van der Waals surface area contributed by atoms with Crippen molar-refractivity contribution in [3.05, 3.63) is 65.5 Å². The number of carbonyl (C=O) groups is 2. The molecule has 1 N–H and O–H groups in total. The monoisotopic (exact) mass is 445 g/mol. The number of anilines is 1. The van der Waals surface area contributed by atoms with E-state index in [0.29, 0.717) is 11.5 Å². The highest BCUT2D eigenvalue weighted by atomic mass is 16.2. The van der Waals surface area contributed by atoms with Crippen molar-refractivity contribution in [2.24, 2.45) is 0 Å². The number of pyridine rings is 1. The highest BCUT2D eigenvalue weighted by molar-refractivity contribution is 6.00. The Labute approximate surface area is 194 Å². The molecule has 2 saturated heterocycles. The van der Waals surface area contributed by atoms with Gasteiger partial charge in [-0.05, 0) is 67.3 Å². The Morgan fingerprint density at radius 1 is 1.03 bits per heavy atom. The van der Waals surface area contributed by atoms with Crippen LogP contribution in [0.1, 0.15) is 60.0 Å². The van der Waals surface area contributed by atoms with Gasteiger partial charge in [-0.2, -0.15) is 5.10 Å². The van der Waals surface area contributed by atoms with Crippen LogP contribution in [0.2, 0.25) is 0 Å². The summed E-state index contributed by atoms with van der Waals surface area (Å²) >= 11 is 0. The molecule has 5 rings (SSSR count). The van der Waals surface area contributed by atoms with E-state index in [9.17, 15) is 9.59 Å². The highest BCUT2D eigenvalue weighted by Gasteiger charge is 2.26. The summed E-state index contributed by atoms with van der Waals surface area (Å²) in [5.74, 6) is 0.449. The molecule has 0 atom stereocenters. The molecular formula is C26H31N5O2. The number of hydrogen-bond acceptors (Lipinski definition) is 3. The van der Waals surface area contributed by atoms with E-state index >= 15 is 0 Å². The van der Waals surface area contributed by atoms with E-state index in [-0.39, 0.29) is 11.9 Å². The van der Waals surface area contributed by atoms with Crippen molar-refractivity contribution in [2.45, 2.75) is 44.9 Å². The lowest BCUT2D eigenvalue weighted by Gasteiger charge is -2.32. The number of carbonyl (C=O) groups excluding carboxylic acids is 2. The van der Waals surface area contributed by atoms with Gasteiger partial charge in [-0.15, -0.1) is 0 Å². The van der Waals surface area contributed by atoms with Crippen LogP contribution in [-0.4, -0.2) is 57.5 Å². The van der Waals surface area contributed by atoms with Gasteiger partial charge in [0.25, 0.3) is 5.91 Å². The number of piperidine rings is 1. The number of urea groups is 1. The van der Waals surface area contributed by atoms with E-state index in [1.165, 1.54) is 5.56 Å². The number of nitrogens with one attached hydrogen (secondary N) is 1. The van der Waals surface area contributed by atoms with Gasteiger partial charge in [0.05, 0.1) is 17.3 Å². The van der Waals surface area contributed by atoms with E-state index < -0.39 is 0 Å². The van der Waals surface area contributed by atoms with Gasteiger partial charge in [-0.25, -0.2) is 9.31 Å². The Hall–Kier alpha value is -3.35. The van der Waals surface area contributed by atoms with Crippen molar-refractivity contribution in [3.63, 3.8) is 0 Å². The minimum absolute atomic E-state index is 0.0286. The lowest BCUT2D eigenvalue weighted by molar-refractivity contribution is 0.0794. The van der Waals surface area contributed by atoms with Crippen LogP contribution in [0.25, 0.3) is 5.52 Å². The SMILES string of the molecule is CCc1ccccc1NC(=O)N1CCC(c2ccn3ncc(C(=O)N4CCCC4)c3c2)CC1. The minimum atomic E-state index is -0.0286. The van der Waals surface area contributed by atoms with E-state index in [2.05, 4.69) is 35.5 Å². The van der Waals surface area contributed by atoms with Crippen LogP contribution in [0.5, 0.6) is 0 Å². The van der Waals surface area contributed by atoms with Crippen LogP contribution < -0.4 is 5.32 Å². The summed E-state index contributed by atoms with van der Waals surface area (Å²) in [4.78, 5) is 29.6. The van der Waals surface area contributed by atoms with Crippen LogP contribution in [-0.2, 0) is 6.42 Å². The Morgan fingerprint density at radius 2 is 1.79 bits per heavy atom. The third kappa shape index (κ3) is 4.32. The molecule has 7 nitrogen and oxygen atoms in total. The maximum absolute atomic E-state index is 12.9. The lowest BCUT2D eigenvalue weighted by atomic mass is 9.89. The summed E-state index contributed by atoms with van der Waals surface area (Å²) in [7, 11) is 0. The molecule has 33 heavy (non-hydrogen) atoms. The second-order valence-corrected chi connectivity index (χ2v) is 9.05. The zero-order valence-electron chi connectivity index (χ0n) is 19.2. The first kappa shape index (κ1) is 21.5. The average Bonchev–Trinajstić information content (AvgIpc) is 3.54. The average molecular weight is 446 g/mol. The largest absolute Gasteiger partial charge is 0.339 e. The fourth-order valence-electron chi connectivity index (χ4n) is 5.07. The summed E-state index contributed by atoms with van der Waals surface area (Å²) in [5.41, 5.74) is 4.82. The molecule has 172 valence electrons. The third-order valence-electron chi connectivity index (χ3n) is 7.06. The van der Waals surface area contributed by atoms with Gasteiger partial charge in [0, 0.05) is 38.1 Å². The predicted octanol–water partition coefficient (Wildman–Crippen LogP) is 4.54. The summed E-state index contributed by atoms with van der Waals surface area (Å²) in [6, 6.07) is 12.2. The number of aromatic nitrogens is 2. The lowest BCUT2D eigenvalue weighted by Crippen LogP contribution is -2.40. The number of amides is 3. The topological polar surface area (TPSA) is 70.0 Å². The van der Waals surface area contributed by atoms with E-state index in [4.69, 9.17) is 0 Å². The minimum Gasteiger partial charge on any atom is -0.339 e. The normalized spacial score (nSPS) is 17.0. The first-order valence-electron chi connectivity index (χ1n) is 12.0. The number of aryl methyl sites for hydroxylation is 1. The van der Waals surface area contributed by atoms with Crippen LogP contribution in [0.3, 0.4) is 0 Å². The molecule has 0 aliphatic carbocycles. The first-order valence-corrected chi connectivity index (χ1v) is 12.0. The van der Waals surface area contributed by atoms with Crippen molar-refractivity contribution in [3.8, 4) is 0 Å². The zero-order valence-corrected chi connectivity index (χ0v) is 19.2. The van der Waals surface area contributed by atoms with Crippen molar-refractivity contribution in [1.82, 2.24) is 19.4 Å². The molecule has 0 unspecified atom stereocenters. The summed E-state index contributed by atoms with van der Waals surface area (Å²) in [6.07, 6.45) is 8.49. The molecule has 4 heterocycles. The molecule has 0 saturated carbocycles. The molecule has 7 heteroatoms. The van der Waals surface area contributed by atoms with Crippen molar-refractivity contribution in [2.75, 3.05) is 31.5 Å². The number of fused-ring (bicyclic) bond motifs is 1. The summed E-state index contributed by atoms with van der Waals surface area (Å²) < 4.78 is 1.79. The first-order chi connectivity index (χ1) is 16.1. The smallest absolute Gasteiger partial charge is 0.321 e. The molecule has 0 spiro atoms. The van der Waals surface area contributed by atoms with Gasteiger partial charge < -0.3 is 15.1 Å². The zero-order chi connectivity index (χ0) is 22.8. The van der Waals surface area contributed by atoms with Gasteiger partial charge in [0.1, 0.15) is 0 Å². The number of likely N-dealkylation sites (tertiary alicyclic amines) is 2. The molecule has 0 bridgehead atoms. The van der Waals surface area contributed by atoms with Gasteiger partial charge in [-0.1, -0.05) is 25.1 Å². The second kappa shape index (κ2) is 9.25. The molecule has 1 aromatic carbocycles. The van der Waals surface area contributed by atoms with E-state index in [0.717, 1.165) is 75.1 Å². The predicted molar refractivity (Wildman–Crippen MR) is 129 cm³/mol. The van der Waals surface area contributed by atoms with Gasteiger partial charge in [0.2, 0.25) is 0 Å². The second-order valence-electron chi connectivity index (χ2n) is 9.05. The fraction of sp³-hybridized carbons (Fsp3) is 0.423. The molecule has 2 fully saturated rings. The summed E-state index contributed by atoms with van der Waals surface area (Å²) in [5, 5.41) is 7.48. The Morgan fingerprint density at radius 3 is 2.55 bits per heavy atom. The number of hydrogen-bond donors (Lipinski definition) is 1. The number of benzene rings is 1. The third-order valence-corrected chi connectivity index (χ3v) is 7.06. The van der Waals surface area contributed by atoms with Gasteiger partial charge in [0.15, 0.2) is 0 Å². The molecule has 2 aromatic heterocycles. The van der Waals surface area contributed by atoms with Crippen LogP contribution in [0.15, 0.2) is 48.8 Å². The Kier molecular flexibility index (Phi) is 6.03. The van der Waals surface area contributed by atoms with Crippen molar-refractivity contribution in [1.29, 1.82) is 0 Å². The molecule has 2 aliphatic rings. The maximum atomic E-state index is 12.9. The standard InChI is InChI=1S/C26H31N5O2/c1-2-19-7-3-4-8-23(19)28-26(33)30-14-9-20(10-15-30)21-11-16-31-24(17-21)22(18-27-31)25(32)29-12-5-6-13-29/h3-4,7-8,11,16-18,20H,2,5-6,9-10,12-15H2,1H3,(H,28,33). The quantitative estimate of drug-likeness (QED) is 0.641. The molecule has 3 aromatic rings. The van der Waals surface area contributed by atoms with Crippen molar-refractivity contribution >= 4 is 23.1 Å². The maximum Gasteiger partial charge on any atom is 0.321 e. The number of para-hydroxylation sites is 1. The van der Waals surface area contributed by atoms with Gasteiger partial charge in [-0.3, -0.25) is 4.79 Å². The van der Waals surface area contributed by atoms with Crippen LogP contribution in [0, 0.1) is 0 Å². The molecule has 0 radical (unpaired) electrons. The number of rotatable bonds is 4. The molecular weight excluding hydrogens is 414 g/mol. The Balaban J connectivity index is 1.26. The van der Waals surface area contributed by atoms with Crippen LogP contribution >= 0.6 is 0 Å². The molecule has 2 aliphatic heterocycles.